The van der Waals surface area contributed by atoms with E-state index in [2.05, 4.69) is 45.0 Å². The van der Waals surface area contributed by atoms with E-state index in [4.69, 9.17) is 4.74 Å². The molecule has 3 aromatic heterocycles. The van der Waals surface area contributed by atoms with Crippen LogP contribution < -0.4 is 11.0 Å². The van der Waals surface area contributed by atoms with Gasteiger partial charge >= 0.3 is 11.7 Å². The number of ether oxygens (including phenoxy) is 1. The first-order valence-electron chi connectivity index (χ1n) is 14.0. The van der Waals surface area contributed by atoms with Crippen molar-refractivity contribution in [1.82, 2.24) is 39.6 Å². The Morgan fingerprint density at radius 2 is 1.95 bits per heavy atom. The lowest BCUT2D eigenvalue weighted by atomic mass is 9.78. The van der Waals surface area contributed by atoms with Gasteiger partial charge < -0.3 is 14.6 Å². The number of imidazole rings is 1. The van der Waals surface area contributed by atoms with Crippen LogP contribution >= 0.6 is 0 Å². The number of hydrogen-bond acceptors (Lipinski definition) is 7. The molecule has 11 heteroatoms. The summed E-state index contributed by atoms with van der Waals surface area (Å²) >= 11 is 0. The molecule has 0 radical (unpaired) electrons. The van der Waals surface area contributed by atoms with Crippen molar-refractivity contribution >= 4 is 5.97 Å². The van der Waals surface area contributed by atoms with E-state index in [1.165, 1.54) is 0 Å². The van der Waals surface area contributed by atoms with E-state index in [0.717, 1.165) is 36.1 Å². The van der Waals surface area contributed by atoms with Gasteiger partial charge in [0.25, 0.3) is 0 Å². The molecule has 0 atom stereocenters. The third-order valence-corrected chi connectivity index (χ3v) is 7.41. The fourth-order valence-corrected chi connectivity index (χ4v) is 5.28. The number of hydrogen-bond donors (Lipinski definition) is 2. The minimum Gasteiger partial charge on any atom is -0.462 e. The summed E-state index contributed by atoms with van der Waals surface area (Å²) in [4.78, 5) is 27.3. The van der Waals surface area contributed by atoms with Gasteiger partial charge in [-0.15, -0.1) is 5.10 Å². The smallest absolute Gasteiger partial charge is 0.341 e. The maximum Gasteiger partial charge on any atom is 0.341 e. The average Bonchev–Trinajstić information content (AvgIpc) is 3.73. The number of allylic oxidation sites excluding steroid dienone is 2. The van der Waals surface area contributed by atoms with E-state index in [1.54, 1.807) is 17.6 Å². The van der Waals surface area contributed by atoms with E-state index < -0.39 is 11.4 Å². The first kappa shape index (κ1) is 27.9. The monoisotopic (exact) mass is 556 g/mol. The summed E-state index contributed by atoms with van der Waals surface area (Å²) in [7, 11) is 0. The Balaban J connectivity index is 1.66. The van der Waals surface area contributed by atoms with Crippen LogP contribution in [0.4, 0.5) is 0 Å². The fraction of sp³-hybridized carbons (Fsp3) is 0.367. The van der Waals surface area contributed by atoms with Gasteiger partial charge in [0.1, 0.15) is 11.4 Å². The highest BCUT2D eigenvalue weighted by molar-refractivity contribution is 5.93. The molecule has 0 saturated heterocycles. The van der Waals surface area contributed by atoms with Crippen molar-refractivity contribution in [2.24, 2.45) is 0 Å². The summed E-state index contributed by atoms with van der Waals surface area (Å²) in [6.45, 7) is 8.56. The number of tetrazole rings is 1. The third kappa shape index (κ3) is 5.39. The maximum absolute atomic E-state index is 14.3. The van der Waals surface area contributed by atoms with Crippen LogP contribution in [0, 0.1) is 0 Å². The summed E-state index contributed by atoms with van der Waals surface area (Å²) in [5, 5.41) is 17.5. The number of nitrogens with zero attached hydrogens (tertiary/aromatic N) is 6. The Morgan fingerprint density at radius 3 is 2.63 bits per heavy atom. The molecule has 4 heterocycles. The van der Waals surface area contributed by atoms with Crippen LogP contribution in [0.2, 0.25) is 0 Å². The zero-order valence-corrected chi connectivity index (χ0v) is 23.9. The molecule has 0 saturated carbocycles. The van der Waals surface area contributed by atoms with Gasteiger partial charge in [0.2, 0.25) is 0 Å². The van der Waals surface area contributed by atoms with Gasteiger partial charge in [-0.3, -0.25) is 9.13 Å². The van der Waals surface area contributed by atoms with Crippen LogP contribution in [0.25, 0.3) is 17.2 Å². The molecule has 41 heavy (non-hydrogen) atoms. The van der Waals surface area contributed by atoms with Crippen molar-refractivity contribution < 1.29 is 9.53 Å². The zero-order valence-electron chi connectivity index (χ0n) is 23.9. The van der Waals surface area contributed by atoms with Crippen molar-refractivity contribution in [1.29, 1.82) is 0 Å². The largest absolute Gasteiger partial charge is 0.462 e. The normalized spacial score (nSPS) is 14.0. The van der Waals surface area contributed by atoms with E-state index in [0.29, 0.717) is 23.8 Å². The van der Waals surface area contributed by atoms with Crippen LogP contribution in [-0.2, 0) is 23.1 Å². The van der Waals surface area contributed by atoms with E-state index in [-0.39, 0.29) is 18.3 Å². The van der Waals surface area contributed by atoms with Gasteiger partial charge in [-0.25, -0.2) is 14.7 Å². The predicted octanol–water partition coefficient (Wildman–Crippen LogP) is 4.29. The number of aryl methyl sites for hydroxylation is 1. The molecular formula is C30H36N8O3. The van der Waals surface area contributed by atoms with Crippen LogP contribution in [0.15, 0.2) is 72.1 Å². The number of nitrogens with one attached hydrogen (secondary N) is 2. The van der Waals surface area contributed by atoms with Gasteiger partial charge in [0, 0.05) is 36.2 Å². The number of rotatable bonds is 11. The fourth-order valence-electron chi connectivity index (χ4n) is 5.28. The number of unbranched alkanes of at least 4 members (excludes halogenated alkanes) is 1. The topological polar surface area (TPSA) is 125 Å². The second-order valence-electron chi connectivity index (χ2n) is 10.4. The number of benzene rings is 1. The Morgan fingerprint density at radius 1 is 1.15 bits per heavy atom. The van der Waals surface area contributed by atoms with Crippen LogP contribution in [0.3, 0.4) is 0 Å². The van der Waals surface area contributed by atoms with Crippen LogP contribution in [-0.4, -0.2) is 46.9 Å². The highest BCUT2D eigenvalue weighted by atomic mass is 16.5. The highest BCUT2D eigenvalue weighted by Crippen LogP contribution is 2.34. The van der Waals surface area contributed by atoms with Gasteiger partial charge in [-0.05, 0) is 74.1 Å². The molecule has 0 spiro atoms. The number of carbonyl (C=O) groups is 1. The Kier molecular flexibility index (Phi) is 8.04. The molecule has 214 valence electrons. The zero-order chi connectivity index (χ0) is 29.0. The molecule has 11 nitrogen and oxygen atoms in total. The van der Waals surface area contributed by atoms with E-state index in [9.17, 15) is 9.59 Å². The summed E-state index contributed by atoms with van der Waals surface area (Å²) in [6.07, 6.45) is 14.3. The number of esters is 1. The first-order chi connectivity index (χ1) is 19.9. The number of carbonyl (C=O) groups excluding carboxylic acids is 1. The van der Waals surface area contributed by atoms with Crippen LogP contribution in [0.5, 0.6) is 0 Å². The molecule has 0 unspecified atom stereocenters. The molecule has 1 aliphatic rings. The van der Waals surface area contributed by atoms with Gasteiger partial charge in [-0.2, -0.15) is 0 Å². The SMILES string of the molecule is CCCCc1cn(-c2c(C(=O)OCC)ccn2C(C)C)c(=O)n1CC1(c2cccc(-c3nnn[nH]3)c2)C=CNC=C1. The van der Waals surface area contributed by atoms with E-state index >= 15 is 0 Å². The molecule has 0 bridgehead atoms. The number of H-pyrrole nitrogens is 1. The molecule has 5 rings (SSSR count). The highest BCUT2D eigenvalue weighted by Gasteiger charge is 2.32. The summed E-state index contributed by atoms with van der Waals surface area (Å²) < 4.78 is 10.7. The van der Waals surface area contributed by atoms with Gasteiger partial charge in [0.05, 0.1) is 12.0 Å². The van der Waals surface area contributed by atoms with Crippen molar-refractivity contribution in [3.8, 4) is 17.2 Å². The molecule has 0 fully saturated rings. The third-order valence-electron chi connectivity index (χ3n) is 7.41. The minimum atomic E-state index is -0.629. The standard InChI is InChI=1S/C30H36N8O3/c1-5-7-11-24-19-37(27-25(28(39)41-6-2)12-17-36(27)21(3)4)29(40)38(24)20-30(13-15-31-16-14-30)23-10-8-9-22(18-23)26-32-34-35-33-26/h8-10,12-19,21,31H,5-7,11,20H2,1-4H3,(H,32,33,34,35). The van der Waals surface area contributed by atoms with Crippen LogP contribution in [0.1, 0.15) is 68.2 Å². The van der Waals surface area contributed by atoms with Crippen molar-refractivity contribution in [3.05, 3.63) is 94.6 Å². The number of aromatic nitrogens is 7. The molecule has 0 amide bonds. The number of aromatic amines is 1. The first-order valence-corrected chi connectivity index (χ1v) is 14.0. The molecule has 0 aliphatic carbocycles. The summed E-state index contributed by atoms with van der Waals surface area (Å²) in [5.74, 6) is 0.637. The predicted molar refractivity (Wildman–Crippen MR) is 156 cm³/mol. The maximum atomic E-state index is 14.3. The Bertz CT molecular complexity index is 1610. The average molecular weight is 557 g/mol. The molecule has 1 aliphatic heterocycles. The summed E-state index contributed by atoms with van der Waals surface area (Å²) in [6, 6.07) is 9.75. The van der Waals surface area contributed by atoms with E-state index in [1.807, 2.05) is 72.0 Å². The molecule has 1 aromatic carbocycles. The quantitative estimate of drug-likeness (QED) is 0.264. The second kappa shape index (κ2) is 11.8. The number of dihydropyridines is 1. The van der Waals surface area contributed by atoms with Crippen molar-refractivity contribution in [3.63, 3.8) is 0 Å². The van der Waals surface area contributed by atoms with Gasteiger partial charge in [0.15, 0.2) is 5.82 Å². The Hall–Kier alpha value is -4.67. The Labute approximate surface area is 238 Å². The second-order valence-corrected chi connectivity index (χ2v) is 10.4. The lowest BCUT2D eigenvalue weighted by Gasteiger charge is -2.31. The molecule has 4 aromatic rings. The molecule has 2 N–H and O–H groups in total. The minimum absolute atomic E-state index is 0.0254. The van der Waals surface area contributed by atoms with Crippen molar-refractivity contribution in [2.75, 3.05) is 6.61 Å². The summed E-state index contributed by atoms with van der Waals surface area (Å²) in [5.41, 5.74) is 2.26. The molecular weight excluding hydrogens is 520 g/mol. The lowest BCUT2D eigenvalue weighted by molar-refractivity contribution is 0.0526. The van der Waals surface area contributed by atoms with Crippen molar-refractivity contribution in [2.45, 2.75) is 65.0 Å². The van der Waals surface area contributed by atoms with Gasteiger partial charge in [-0.1, -0.05) is 43.7 Å². The lowest BCUT2D eigenvalue weighted by Crippen LogP contribution is -2.36.